The molecule has 0 fully saturated rings. The maximum absolute atomic E-state index is 12.7. The van der Waals surface area contributed by atoms with Gasteiger partial charge in [-0.3, -0.25) is 9.59 Å². The fraction of sp³-hybridized carbons (Fsp3) is 0.263. The third kappa shape index (κ3) is 4.42. The smallest absolute Gasteiger partial charge is 0.306 e. The van der Waals surface area contributed by atoms with Crippen LogP contribution in [0.5, 0.6) is 0 Å². The lowest BCUT2D eigenvalue weighted by atomic mass is 9.81. The standard InChI is InChI=1S/C19H21NO3/c1-19(2,13-17(21)23-3)18(22)14-8-7-11-16(12-14)20-15-9-5-4-6-10-15/h4-12,20H,13H2,1-3H3. The molecule has 0 radical (unpaired) electrons. The highest BCUT2D eigenvalue weighted by atomic mass is 16.5. The molecule has 0 aliphatic rings. The number of benzene rings is 2. The molecular formula is C19H21NO3. The first kappa shape index (κ1) is 16.7. The van der Waals surface area contributed by atoms with Crippen molar-refractivity contribution in [2.75, 3.05) is 12.4 Å². The first-order chi connectivity index (χ1) is 10.9. The average Bonchev–Trinajstić information content (AvgIpc) is 2.55. The van der Waals surface area contributed by atoms with Gasteiger partial charge in [-0.15, -0.1) is 0 Å². The summed E-state index contributed by atoms with van der Waals surface area (Å²) < 4.78 is 4.67. The maximum Gasteiger partial charge on any atom is 0.306 e. The lowest BCUT2D eigenvalue weighted by molar-refractivity contribution is -0.142. The van der Waals surface area contributed by atoms with E-state index in [-0.39, 0.29) is 18.2 Å². The van der Waals surface area contributed by atoms with Crippen LogP contribution >= 0.6 is 0 Å². The predicted octanol–water partition coefficient (Wildman–Crippen LogP) is 4.20. The van der Waals surface area contributed by atoms with Crippen molar-refractivity contribution in [2.45, 2.75) is 20.3 Å². The average molecular weight is 311 g/mol. The number of carbonyl (C=O) groups excluding carboxylic acids is 2. The lowest BCUT2D eigenvalue weighted by Gasteiger charge is -2.22. The van der Waals surface area contributed by atoms with Crippen molar-refractivity contribution in [2.24, 2.45) is 5.41 Å². The van der Waals surface area contributed by atoms with Gasteiger partial charge in [0.25, 0.3) is 0 Å². The summed E-state index contributed by atoms with van der Waals surface area (Å²) in [4.78, 5) is 24.2. The highest BCUT2D eigenvalue weighted by Gasteiger charge is 2.31. The molecule has 4 heteroatoms. The SMILES string of the molecule is COC(=O)CC(C)(C)C(=O)c1cccc(Nc2ccccc2)c1. The van der Waals surface area contributed by atoms with Gasteiger partial charge in [-0.1, -0.05) is 44.2 Å². The zero-order chi connectivity index (χ0) is 16.9. The van der Waals surface area contributed by atoms with E-state index >= 15 is 0 Å². The van der Waals surface area contributed by atoms with Crippen molar-refractivity contribution in [3.8, 4) is 0 Å². The van der Waals surface area contributed by atoms with Crippen molar-refractivity contribution >= 4 is 23.1 Å². The molecule has 0 bridgehead atoms. The molecular weight excluding hydrogens is 290 g/mol. The number of methoxy groups -OCH3 is 1. The number of rotatable bonds is 6. The normalized spacial score (nSPS) is 10.9. The van der Waals surface area contributed by atoms with Crippen LogP contribution in [0, 0.1) is 5.41 Å². The molecule has 0 amide bonds. The molecule has 1 N–H and O–H groups in total. The van der Waals surface area contributed by atoms with Crippen molar-refractivity contribution in [1.29, 1.82) is 0 Å². The van der Waals surface area contributed by atoms with E-state index in [2.05, 4.69) is 10.1 Å². The van der Waals surface area contributed by atoms with E-state index in [0.717, 1.165) is 11.4 Å². The number of hydrogen-bond donors (Lipinski definition) is 1. The minimum atomic E-state index is -0.807. The molecule has 0 atom stereocenters. The summed E-state index contributed by atoms with van der Waals surface area (Å²) in [6.07, 6.45) is 0.0542. The number of carbonyl (C=O) groups is 2. The summed E-state index contributed by atoms with van der Waals surface area (Å²) in [5.41, 5.74) is 1.54. The predicted molar refractivity (Wildman–Crippen MR) is 90.9 cm³/mol. The molecule has 0 aromatic heterocycles. The van der Waals surface area contributed by atoms with Crippen molar-refractivity contribution in [3.05, 3.63) is 60.2 Å². The lowest BCUT2D eigenvalue weighted by Crippen LogP contribution is -2.28. The Morgan fingerprint density at radius 1 is 1.00 bits per heavy atom. The molecule has 2 aromatic rings. The fourth-order valence-electron chi connectivity index (χ4n) is 2.33. The van der Waals surface area contributed by atoms with Crippen molar-refractivity contribution in [1.82, 2.24) is 0 Å². The van der Waals surface area contributed by atoms with Gasteiger partial charge in [0.2, 0.25) is 0 Å². The summed E-state index contributed by atoms with van der Waals surface area (Å²) in [6.45, 7) is 3.51. The molecule has 0 heterocycles. The third-order valence-electron chi connectivity index (χ3n) is 3.62. The van der Waals surface area contributed by atoms with Crippen LogP contribution in [-0.4, -0.2) is 18.9 Å². The van der Waals surface area contributed by atoms with E-state index in [1.807, 2.05) is 42.5 Å². The number of anilines is 2. The molecule has 2 rings (SSSR count). The highest BCUT2D eigenvalue weighted by Crippen LogP contribution is 2.28. The van der Waals surface area contributed by atoms with E-state index in [1.54, 1.807) is 26.0 Å². The van der Waals surface area contributed by atoms with Gasteiger partial charge in [0.05, 0.1) is 13.5 Å². The molecule has 0 spiro atoms. The van der Waals surface area contributed by atoms with E-state index in [1.165, 1.54) is 7.11 Å². The Balaban J connectivity index is 2.18. The summed E-state index contributed by atoms with van der Waals surface area (Å²) in [6, 6.07) is 17.0. The molecule has 0 aliphatic heterocycles. The third-order valence-corrected chi connectivity index (χ3v) is 3.62. The van der Waals surface area contributed by atoms with Crippen molar-refractivity contribution in [3.63, 3.8) is 0 Å². The maximum atomic E-state index is 12.7. The van der Waals surface area contributed by atoms with Gasteiger partial charge in [0.1, 0.15) is 0 Å². The Hall–Kier alpha value is -2.62. The monoisotopic (exact) mass is 311 g/mol. The largest absolute Gasteiger partial charge is 0.469 e. The zero-order valence-electron chi connectivity index (χ0n) is 13.6. The van der Waals surface area contributed by atoms with Crippen LogP contribution in [-0.2, 0) is 9.53 Å². The molecule has 4 nitrogen and oxygen atoms in total. The number of ketones is 1. The van der Waals surface area contributed by atoms with Crippen LogP contribution in [0.4, 0.5) is 11.4 Å². The van der Waals surface area contributed by atoms with Crippen LogP contribution in [0.3, 0.4) is 0 Å². The second-order valence-corrected chi connectivity index (χ2v) is 6.04. The van der Waals surface area contributed by atoms with E-state index in [0.29, 0.717) is 5.56 Å². The second kappa shape index (κ2) is 7.09. The molecule has 0 aliphatic carbocycles. The number of ether oxygens (including phenoxy) is 1. The Labute approximate surface area is 136 Å². The quantitative estimate of drug-likeness (QED) is 0.641. The summed E-state index contributed by atoms with van der Waals surface area (Å²) in [7, 11) is 1.33. The number of para-hydroxylation sites is 1. The Morgan fingerprint density at radius 2 is 1.65 bits per heavy atom. The fourth-order valence-corrected chi connectivity index (χ4v) is 2.33. The summed E-state index contributed by atoms with van der Waals surface area (Å²) in [5.74, 6) is -0.471. The molecule has 120 valence electrons. The van der Waals surface area contributed by atoms with Crippen LogP contribution in [0.15, 0.2) is 54.6 Å². The van der Waals surface area contributed by atoms with E-state index in [4.69, 9.17) is 0 Å². The highest BCUT2D eigenvalue weighted by molar-refractivity contribution is 6.02. The number of nitrogens with one attached hydrogen (secondary N) is 1. The molecule has 23 heavy (non-hydrogen) atoms. The summed E-state index contributed by atoms with van der Waals surface area (Å²) >= 11 is 0. The van der Waals surface area contributed by atoms with Crippen LogP contribution in [0.1, 0.15) is 30.6 Å². The van der Waals surface area contributed by atoms with Gasteiger partial charge in [-0.05, 0) is 24.3 Å². The molecule has 0 saturated carbocycles. The first-order valence-corrected chi connectivity index (χ1v) is 7.46. The van der Waals surface area contributed by atoms with Gasteiger partial charge in [0.15, 0.2) is 5.78 Å². The van der Waals surface area contributed by atoms with Crippen LogP contribution < -0.4 is 5.32 Å². The van der Waals surface area contributed by atoms with Gasteiger partial charge < -0.3 is 10.1 Å². The van der Waals surface area contributed by atoms with Crippen LogP contribution in [0.25, 0.3) is 0 Å². The minimum Gasteiger partial charge on any atom is -0.469 e. The summed E-state index contributed by atoms with van der Waals surface area (Å²) in [5, 5.41) is 3.26. The van der Waals surface area contributed by atoms with Gasteiger partial charge in [-0.2, -0.15) is 0 Å². The number of Topliss-reactive ketones (excluding diaryl/α,β-unsaturated/α-hetero) is 1. The van der Waals surface area contributed by atoms with E-state index < -0.39 is 5.41 Å². The molecule has 0 saturated heterocycles. The first-order valence-electron chi connectivity index (χ1n) is 7.46. The number of esters is 1. The Morgan fingerprint density at radius 3 is 2.30 bits per heavy atom. The van der Waals surface area contributed by atoms with Crippen LogP contribution in [0.2, 0.25) is 0 Å². The van der Waals surface area contributed by atoms with E-state index in [9.17, 15) is 9.59 Å². The van der Waals surface area contributed by atoms with Gasteiger partial charge in [0, 0.05) is 22.4 Å². The molecule has 2 aromatic carbocycles. The zero-order valence-corrected chi connectivity index (χ0v) is 13.6. The van der Waals surface area contributed by atoms with Gasteiger partial charge in [-0.25, -0.2) is 0 Å². The minimum absolute atomic E-state index is 0.0542. The van der Waals surface area contributed by atoms with Gasteiger partial charge >= 0.3 is 5.97 Å². The number of hydrogen-bond acceptors (Lipinski definition) is 4. The molecule has 0 unspecified atom stereocenters. The Bertz CT molecular complexity index is 693. The van der Waals surface area contributed by atoms with Crippen molar-refractivity contribution < 1.29 is 14.3 Å². The Kier molecular flexibility index (Phi) is 5.16. The second-order valence-electron chi connectivity index (χ2n) is 6.04. The topological polar surface area (TPSA) is 55.4 Å².